The molecule has 1 N–H and O–H groups in total. The topological polar surface area (TPSA) is 12.0 Å². The van der Waals surface area contributed by atoms with E-state index < -0.39 is 0 Å². The zero-order valence-electron chi connectivity index (χ0n) is 11.4. The smallest absolute Gasteiger partial charge is 0.123 e. The van der Waals surface area contributed by atoms with Crippen LogP contribution < -0.4 is 5.32 Å². The first-order chi connectivity index (χ1) is 9.26. The number of hydrogen-bond acceptors (Lipinski definition) is 2. The molecule has 1 aromatic carbocycles. The molecule has 102 valence electrons. The van der Waals surface area contributed by atoms with Crippen molar-refractivity contribution in [2.45, 2.75) is 32.7 Å². The van der Waals surface area contributed by atoms with Crippen LogP contribution in [0, 0.1) is 5.82 Å². The third-order valence-electron chi connectivity index (χ3n) is 3.20. The molecule has 19 heavy (non-hydrogen) atoms. The van der Waals surface area contributed by atoms with E-state index in [9.17, 15) is 4.39 Å². The number of nitrogens with one attached hydrogen (secondary N) is 1. The average Bonchev–Trinajstić information content (AvgIpc) is 2.88. The third kappa shape index (κ3) is 3.43. The fraction of sp³-hybridized carbons (Fsp3) is 0.375. The standard InChI is InChI=1S/C16H20FNS/c1-3-9-18-15(13-6-5-7-14(17)11-13)16-12(4-2)8-10-19-16/h5-8,10-11,15,18H,3-4,9H2,1-2H3. The van der Waals surface area contributed by atoms with Crippen molar-refractivity contribution in [3.63, 3.8) is 0 Å². The molecule has 2 aromatic rings. The predicted octanol–water partition coefficient (Wildman–Crippen LogP) is 4.54. The van der Waals surface area contributed by atoms with Crippen molar-refractivity contribution >= 4 is 11.3 Å². The minimum absolute atomic E-state index is 0.102. The molecule has 2 rings (SSSR count). The van der Waals surface area contributed by atoms with Gasteiger partial charge in [-0.1, -0.05) is 26.0 Å². The Morgan fingerprint density at radius 1 is 1.26 bits per heavy atom. The largest absolute Gasteiger partial charge is 0.306 e. The van der Waals surface area contributed by atoms with Gasteiger partial charge in [-0.25, -0.2) is 4.39 Å². The number of thiophene rings is 1. The Hall–Kier alpha value is -1.19. The van der Waals surface area contributed by atoms with Crippen LogP contribution in [0.1, 0.15) is 42.3 Å². The molecule has 0 spiro atoms. The zero-order valence-corrected chi connectivity index (χ0v) is 12.3. The number of rotatable bonds is 6. The van der Waals surface area contributed by atoms with Crippen molar-refractivity contribution in [2.24, 2.45) is 0 Å². The molecule has 0 aliphatic heterocycles. The Kier molecular flexibility index (Phi) is 5.11. The highest BCUT2D eigenvalue weighted by Gasteiger charge is 2.18. The fourth-order valence-corrected chi connectivity index (χ4v) is 3.33. The molecule has 1 heterocycles. The summed E-state index contributed by atoms with van der Waals surface area (Å²) < 4.78 is 13.4. The first-order valence-electron chi connectivity index (χ1n) is 6.81. The Morgan fingerprint density at radius 3 is 2.79 bits per heavy atom. The molecule has 0 bridgehead atoms. The second kappa shape index (κ2) is 6.83. The van der Waals surface area contributed by atoms with Crippen LogP contribution in [0.5, 0.6) is 0 Å². The molecule has 0 fully saturated rings. The Labute approximate surface area is 118 Å². The van der Waals surface area contributed by atoms with Gasteiger partial charge in [0.05, 0.1) is 6.04 Å². The third-order valence-corrected chi connectivity index (χ3v) is 4.23. The lowest BCUT2D eigenvalue weighted by Gasteiger charge is -2.19. The summed E-state index contributed by atoms with van der Waals surface area (Å²) in [5.74, 6) is -0.171. The average molecular weight is 277 g/mol. The van der Waals surface area contributed by atoms with Gasteiger partial charge in [0.2, 0.25) is 0 Å². The lowest BCUT2D eigenvalue weighted by atomic mass is 10.0. The van der Waals surface area contributed by atoms with Gasteiger partial charge >= 0.3 is 0 Å². The van der Waals surface area contributed by atoms with Gasteiger partial charge in [-0.3, -0.25) is 0 Å². The minimum Gasteiger partial charge on any atom is -0.306 e. The summed E-state index contributed by atoms with van der Waals surface area (Å²) in [6.45, 7) is 5.24. The molecule has 0 radical (unpaired) electrons. The summed E-state index contributed by atoms with van der Waals surface area (Å²) in [5, 5.41) is 5.65. The second-order valence-corrected chi connectivity index (χ2v) is 5.55. The quantitative estimate of drug-likeness (QED) is 0.817. The van der Waals surface area contributed by atoms with E-state index in [-0.39, 0.29) is 11.9 Å². The van der Waals surface area contributed by atoms with E-state index in [4.69, 9.17) is 0 Å². The highest BCUT2D eigenvalue weighted by atomic mass is 32.1. The van der Waals surface area contributed by atoms with Crippen LogP contribution >= 0.6 is 11.3 Å². The number of benzene rings is 1. The van der Waals surface area contributed by atoms with Gasteiger partial charge in [0, 0.05) is 4.88 Å². The van der Waals surface area contributed by atoms with Crippen molar-refractivity contribution < 1.29 is 4.39 Å². The van der Waals surface area contributed by atoms with Crippen molar-refractivity contribution in [3.05, 3.63) is 57.5 Å². The SMILES string of the molecule is CCCNC(c1cccc(F)c1)c1sccc1CC. The molecule has 1 aromatic heterocycles. The molecule has 1 unspecified atom stereocenters. The molecule has 0 saturated carbocycles. The van der Waals surface area contributed by atoms with Crippen molar-refractivity contribution in [3.8, 4) is 0 Å². The van der Waals surface area contributed by atoms with Crippen LogP contribution in [0.3, 0.4) is 0 Å². The molecule has 0 amide bonds. The van der Waals surface area contributed by atoms with Gasteiger partial charge in [-0.15, -0.1) is 11.3 Å². The maximum Gasteiger partial charge on any atom is 0.123 e. The minimum atomic E-state index is -0.171. The van der Waals surface area contributed by atoms with Gasteiger partial charge < -0.3 is 5.32 Å². The first-order valence-corrected chi connectivity index (χ1v) is 7.69. The van der Waals surface area contributed by atoms with Gasteiger partial charge in [-0.2, -0.15) is 0 Å². The maximum absolute atomic E-state index is 13.4. The van der Waals surface area contributed by atoms with Crippen LogP contribution in [-0.2, 0) is 6.42 Å². The molecular formula is C16H20FNS. The molecular weight excluding hydrogens is 257 g/mol. The van der Waals surface area contributed by atoms with E-state index in [2.05, 4.69) is 30.6 Å². The lowest BCUT2D eigenvalue weighted by molar-refractivity contribution is 0.588. The summed E-state index contributed by atoms with van der Waals surface area (Å²) in [6.07, 6.45) is 2.08. The molecule has 0 aliphatic rings. The number of halogens is 1. The van der Waals surface area contributed by atoms with Crippen LogP contribution in [0.25, 0.3) is 0 Å². The second-order valence-electron chi connectivity index (χ2n) is 4.61. The van der Waals surface area contributed by atoms with E-state index in [1.54, 1.807) is 23.5 Å². The summed E-state index contributed by atoms with van der Waals surface area (Å²) in [4.78, 5) is 1.31. The maximum atomic E-state index is 13.4. The van der Waals surface area contributed by atoms with Crippen LogP contribution in [0.4, 0.5) is 4.39 Å². The summed E-state index contributed by atoms with van der Waals surface area (Å²) >= 11 is 1.75. The summed E-state index contributed by atoms with van der Waals surface area (Å²) in [7, 11) is 0. The predicted molar refractivity (Wildman–Crippen MR) is 80.2 cm³/mol. The van der Waals surface area contributed by atoms with Gasteiger partial charge in [-0.05, 0) is 54.1 Å². The van der Waals surface area contributed by atoms with Crippen molar-refractivity contribution in [1.82, 2.24) is 5.32 Å². The molecule has 0 saturated heterocycles. The van der Waals surface area contributed by atoms with Gasteiger partial charge in [0.15, 0.2) is 0 Å². The van der Waals surface area contributed by atoms with E-state index in [0.29, 0.717) is 0 Å². The van der Waals surface area contributed by atoms with Gasteiger partial charge in [0.1, 0.15) is 5.82 Å². The van der Waals surface area contributed by atoms with Crippen molar-refractivity contribution in [2.75, 3.05) is 6.54 Å². The van der Waals surface area contributed by atoms with E-state index in [1.807, 2.05) is 6.07 Å². The highest BCUT2D eigenvalue weighted by Crippen LogP contribution is 2.30. The molecule has 0 aliphatic carbocycles. The number of hydrogen-bond donors (Lipinski definition) is 1. The molecule has 1 nitrogen and oxygen atoms in total. The lowest BCUT2D eigenvalue weighted by Crippen LogP contribution is -2.23. The Balaban J connectivity index is 2.35. The number of aryl methyl sites for hydroxylation is 1. The summed E-state index contributed by atoms with van der Waals surface area (Å²) in [6, 6.07) is 9.17. The van der Waals surface area contributed by atoms with Crippen LogP contribution in [0.2, 0.25) is 0 Å². The molecule has 3 heteroatoms. The molecule has 1 atom stereocenters. The zero-order chi connectivity index (χ0) is 13.7. The van der Waals surface area contributed by atoms with Crippen LogP contribution in [0.15, 0.2) is 35.7 Å². The normalized spacial score (nSPS) is 12.6. The first kappa shape index (κ1) is 14.2. The van der Waals surface area contributed by atoms with E-state index >= 15 is 0 Å². The Morgan fingerprint density at radius 2 is 2.11 bits per heavy atom. The van der Waals surface area contributed by atoms with Gasteiger partial charge in [0.25, 0.3) is 0 Å². The fourth-order valence-electron chi connectivity index (χ4n) is 2.23. The Bertz CT molecular complexity index is 521. The highest BCUT2D eigenvalue weighted by molar-refractivity contribution is 7.10. The van der Waals surface area contributed by atoms with E-state index in [1.165, 1.54) is 16.5 Å². The van der Waals surface area contributed by atoms with Crippen molar-refractivity contribution in [1.29, 1.82) is 0 Å². The summed E-state index contributed by atoms with van der Waals surface area (Å²) in [5.41, 5.74) is 2.36. The van der Waals surface area contributed by atoms with Crippen LogP contribution in [-0.4, -0.2) is 6.54 Å². The monoisotopic (exact) mass is 277 g/mol. The van der Waals surface area contributed by atoms with E-state index in [0.717, 1.165) is 24.9 Å².